The van der Waals surface area contributed by atoms with Crippen molar-refractivity contribution in [2.75, 3.05) is 18.8 Å². The van der Waals surface area contributed by atoms with Crippen LogP contribution in [0.4, 0.5) is 0 Å². The summed E-state index contributed by atoms with van der Waals surface area (Å²) < 4.78 is 26.4. The van der Waals surface area contributed by atoms with E-state index in [9.17, 15) is 8.42 Å². The molecule has 0 amide bonds. The molecule has 1 aromatic heterocycles. The zero-order valence-corrected chi connectivity index (χ0v) is 12.2. The molecule has 0 fully saturated rings. The summed E-state index contributed by atoms with van der Waals surface area (Å²) >= 11 is 0. The van der Waals surface area contributed by atoms with Gasteiger partial charge in [0.1, 0.15) is 0 Å². The topological polar surface area (TPSA) is 85.1 Å². The van der Waals surface area contributed by atoms with Crippen LogP contribution in [-0.2, 0) is 16.4 Å². The number of sulfonamides is 1. The van der Waals surface area contributed by atoms with Crippen molar-refractivity contribution in [1.82, 2.24) is 9.71 Å². The molecule has 0 spiro atoms. The fourth-order valence-corrected chi connectivity index (χ4v) is 2.94. The maximum absolute atomic E-state index is 11.9. The Hall–Kier alpha value is -0.980. The van der Waals surface area contributed by atoms with E-state index >= 15 is 0 Å². The molecule has 0 aliphatic heterocycles. The maximum atomic E-state index is 11.9. The second-order valence-electron chi connectivity index (χ2n) is 4.62. The Bertz CT molecular complexity index is 448. The van der Waals surface area contributed by atoms with Crippen molar-refractivity contribution in [1.29, 1.82) is 0 Å². The first-order chi connectivity index (χ1) is 9.07. The van der Waals surface area contributed by atoms with Crippen molar-refractivity contribution in [3.05, 3.63) is 30.1 Å². The van der Waals surface area contributed by atoms with Gasteiger partial charge in [0.05, 0.1) is 5.75 Å². The fraction of sp³-hybridized carbons (Fsp3) is 0.615. The van der Waals surface area contributed by atoms with Gasteiger partial charge in [-0.2, -0.15) is 0 Å². The zero-order valence-electron chi connectivity index (χ0n) is 11.4. The van der Waals surface area contributed by atoms with Crippen LogP contribution in [0.15, 0.2) is 24.5 Å². The molecular formula is C13H23N3O2S. The fourth-order valence-electron chi connectivity index (χ4n) is 1.80. The second-order valence-corrected chi connectivity index (χ2v) is 6.55. The molecule has 0 aliphatic carbocycles. The van der Waals surface area contributed by atoms with E-state index in [1.54, 1.807) is 12.4 Å². The summed E-state index contributed by atoms with van der Waals surface area (Å²) in [4.78, 5) is 3.90. The molecule has 108 valence electrons. The van der Waals surface area contributed by atoms with Gasteiger partial charge < -0.3 is 5.73 Å². The van der Waals surface area contributed by atoms with Crippen LogP contribution in [0.3, 0.4) is 0 Å². The van der Waals surface area contributed by atoms with Gasteiger partial charge in [0, 0.05) is 18.9 Å². The van der Waals surface area contributed by atoms with E-state index in [4.69, 9.17) is 5.73 Å². The number of pyridine rings is 1. The zero-order chi connectivity index (χ0) is 14.1. The molecule has 19 heavy (non-hydrogen) atoms. The average Bonchev–Trinajstić information content (AvgIpc) is 2.42. The van der Waals surface area contributed by atoms with Gasteiger partial charge in [-0.15, -0.1) is 0 Å². The van der Waals surface area contributed by atoms with E-state index in [0.717, 1.165) is 18.4 Å². The highest BCUT2D eigenvalue weighted by atomic mass is 32.2. The molecule has 1 atom stereocenters. The van der Waals surface area contributed by atoms with Gasteiger partial charge in [-0.25, -0.2) is 13.1 Å². The summed E-state index contributed by atoms with van der Waals surface area (Å²) in [6.07, 6.45) is 5.63. The minimum Gasteiger partial charge on any atom is -0.330 e. The third-order valence-electron chi connectivity index (χ3n) is 3.15. The highest BCUT2D eigenvalue weighted by Crippen LogP contribution is 2.06. The number of aromatic nitrogens is 1. The van der Waals surface area contributed by atoms with Crippen molar-refractivity contribution in [2.24, 2.45) is 11.7 Å². The van der Waals surface area contributed by atoms with Crippen LogP contribution in [0.25, 0.3) is 0 Å². The summed E-state index contributed by atoms with van der Waals surface area (Å²) in [6.45, 7) is 3.12. The van der Waals surface area contributed by atoms with Gasteiger partial charge in [-0.05, 0) is 43.0 Å². The molecule has 0 bridgehead atoms. The largest absolute Gasteiger partial charge is 0.330 e. The number of rotatable bonds is 9. The van der Waals surface area contributed by atoms with Crippen LogP contribution in [-0.4, -0.2) is 32.2 Å². The van der Waals surface area contributed by atoms with Crippen molar-refractivity contribution < 1.29 is 8.42 Å². The maximum Gasteiger partial charge on any atom is 0.211 e. The quantitative estimate of drug-likeness (QED) is 0.706. The summed E-state index contributed by atoms with van der Waals surface area (Å²) in [6, 6.07) is 3.66. The van der Waals surface area contributed by atoms with E-state index in [1.165, 1.54) is 0 Å². The third-order valence-corrected chi connectivity index (χ3v) is 4.50. The van der Waals surface area contributed by atoms with E-state index in [1.807, 2.05) is 19.1 Å². The van der Waals surface area contributed by atoms with Crippen LogP contribution >= 0.6 is 0 Å². The van der Waals surface area contributed by atoms with Crippen LogP contribution in [0, 0.1) is 5.92 Å². The minimum absolute atomic E-state index is 0.107. The van der Waals surface area contributed by atoms with Crippen LogP contribution in [0.5, 0.6) is 0 Å². The van der Waals surface area contributed by atoms with Gasteiger partial charge >= 0.3 is 0 Å². The molecular weight excluding hydrogens is 262 g/mol. The minimum atomic E-state index is -3.21. The standard InChI is InChI=1S/C13H23N3O2S/c1-2-12(3-7-14)11-16-19(17,18)10-6-13-4-8-15-9-5-13/h4-5,8-9,12,16H,2-3,6-7,10-11,14H2,1H3. The van der Waals surface area contributed by atoms with Gasteiger partial charge in [-0.3, -0.25) is 4.98 Å². The highest BCUT2D eigenvalue weighted by Gasteiger charge is 2.13. The first-order valence-corrected chi connectivity index (χ1v) is 8.29. The van der Waals surface area contributed by atoms with Crippen LogP contribution in [0.2, 0.25) is 0 Å². The molecule has 0 radical (unpaired) electrons. The van der Waals surface area contributed by atoms with E-state index < -0.39 is 10.0 Å². The molecule has 0 saturated carbocycles. The Morgan fingerprint density at radius 1 is 1.37 bits per heavy atom. The van der Waals surface area contributed by atoms with E-state index in [2.05, 4.69) is 9.71 Å². The lowest BCUT2D eigenvalue weighted by Gasteiger charge is -2.14. The summed E-state index contributed by atoms with van der Waals surface area (Å²) in [7, 11) is -3.21. The lowest BCUT2D eigenvalue weighted by atomic mass is 10.0. The van der Waals surface area contributed by atoms with Crippen molar-refractivity contribution in [3.8, 4) is 0 Å². The predicted octanol–water partition coefficient (Wildman–Crippen LogP) is 0.919. The molecule has 0 aliphatic rings. The molecule has 6 heteroatoms. The summed E-state index contributed by atoms with van der Waals surface area (Å²) in [5.41, 5.74) is 6.48. The van der Waals surface area contributed by atoms with Gasteiger partial charge in [-0.1, -0.05) is 13.3 Å². The molecule has 5 nitrogen and oxygen atoms in total. The Balaban J connectivity index is 2.39. The molecule has 0 aromatic carbocycles. The number of nitrogens with two attached hydrogens (primary N) is 1. The lowest BCUT2D eigenvalue weighted by Crippen LogP contribution is -2.32. The highest BCUT2D eigenvalue weighted by molar-refractivity contribution is 7.89. The summed E-state index contributed by atoms with van der Waals surface area (Å²) in [5, 5.41) is 0. The SMILES string of the molecule is CCC(CCN)CNS(=O)(=O)CCc1ccncc1. The molecule has 3 N–H and O–H groups in total. The first-order valence-electron chi connectivity index (χ1n) is 6.63. The Morgan fingerprint density at radius 2 is 2.05 bits per heavy atom. The predicted molar refractivity (Wildman–Crippen MR) is 77.2 cm³/mol. The number of nitrogens with zero attached hydrogens (tertiary/aromatic N) is 1. The monoisotopic (exact) mass is 285 g/mol. The van der Waals surface area contributed by atoms with Gasteiger partial charge in [0.2, 0.25) is 10.0 Å². The van der Waals surface area contributed by atoms with Crippen molar-refractivity contribution >= 4 is 10.0 Å². The second kappa shape index (κ2) is 8.24. The molecule has 1 aromatic rings. The van der Waals surface area contributed by atoms with Crippen molar-refractivity contribution in [3.63, 3.8) is 0 Å². The number of nitrogens with one attached hydrogen (secondary N) is 1. The van der Waals surface area contributed by atoms with E-state index in [-0.39, 0.29) is 5.75 Å². The lowest BCUT2D eigenvalue weighted by molar-refractivity contribution is 0.466. The number of hydrogen-bond donors (Lipinski definition) is 2. The third kappa shape index (κ3) is 6.66. The first kappa shape index (κ1) is 16.1. The molecule has 1 rings (SSSR count). The smallest absolute Gasteiger partial charge is 0.211 e. The number of aryl methyl sites for hydroxylation is 1. The van der Waals surface area contributed by atoms with Gasteiger partial charge in [0.15, 0.2) is 0 Å². The number of hydrogen-bond acceptors (Lipinski definition) is 4. The average molecular weight is 285 g/mol. The van der Waals surface area contributed by atoms with E-state index in [0.29, 0.717) is 25.4 Å². The Kier molecular flexibility index (Phi) is 6.97. The summed E-state index contributed by atoms with van der Waals surface area (Å²) in [5.74, 6) is 0.427. The van der Waals surface area contributed by atoms with Gasteiger partial charge in [0.25, 0.3) is 0 Å². The molecule has 1 heterocycles. The van der Waals surface area contributed by atoms with Crippen LogP contribution in [0.1, 0.15) is 25.3 Å². The Labute approximate surface area is 115 Å². The van der Waals surface area contributed by atoms with Crippen molar-refractivity contribution in [2.45, 2.75) is 26.2 Å². The van der Waals surface area contributed by atoms with Crippen LogP contribution < -0.4 is 10.5 Å². The Morgan fingerprint density at radius 3 is 2.63 bits per heavy atom. The molecule has 1 unspecified atom stereocenters. The molecule has 0 saturated heterocycles. The normalized spacial score (nSPS) is 13.4.